The van der Waals surface area contributed by atoms with E-state index in [-0.39, 0.29) is 11.8 Å². The monoisotopic (exact) mass is 411 g/mol. The molecule has 0 aliphatic carbocycles. The molecule has 0 spiro atoms. The van der Waals surface area contributed by atoms with E-state index < -0.39 is 11.9 Å². The molecule has 0 aliphatic heterocycles. The summed E-state index contributed by atoms with van der Waals surface area (Å²) in [7, 11) is 1.57. The smallest absolute Gasteiger partial charge is 0.262 e. The lowest BCUT2D eigenvalue weighted by Crippen LogP contribution is -2.48. The van der Waals surface area contributed by atoms with Gasteiger partial charge in [0.2, 0.25) is 0 Å². The Kier molecular flexibility index (Phi) is 8.87. The van der Waals surface area contributed by atoms with Crippen LogP contribution in [0.3, 0.4) is 0 Å². The van der Waals surface area contributed by atoms with Gasteiger partial charge >= 0.3 is 0 Å². The molecule has 2 amide bonds. The van der Waals surface area contributed by atoms with Crippen LogP contribution in [-0.2, 0) is 4.79 Å². The van der Waals surface area contributed by atoms with E-state index in [2.05, 4.69) is 15.8 Å². The summed E-state index contributed by atoms with van der Waals surface area (Å²) in [5.41, 5.74) is 3.68. The molecule has 0 radical (unpaired) electrons. The topological polar surface area (TPSA) is 89.0 Å². The van der Waals surface area contributed by atoms with Crippen molar-refractivity contribution in [1.29, 1.82) is 0 Å². The summed E-state index contributed by atoms with van der Waals surface area (Å²) >= 11 is 0. The third-order valence-electron chi connectivity index (χ3n) is 4.33. The third kappa shape index (κ3) is 6.34. The standard InChI is InChI=1S/C23H29N3O4/c1-5-14-30-21-18(12-9-13-19(21)29-4)15-24-26-23(28)20(16(2)3)25-22(27)17-10-7-6-8-11-17/h6-13,15-16,20H,5,14H2,1-4H3,(H,25,27)(H,26,28). The summed E-state index contributed by atoms with van der Waals surface area (Å²) in [5, 5.41) is 6.83. The number of ether oxygens (including phenoxy) is 2. The van der Waals surface area contributed by atoms with Gasteiger partial charge in [0.15, 0.2) is 11.5 Å². The van der Waals surface area contributed by atoms with Crippen LogP contribution in [0.1, 0.15) is 43.1 Å². The molecule has 1 unspecified atom stereocenters. The van der Waals surface area contributed by atoms with E-state index in [1.807, 2.05) is 39.0 Å². The molecule has 0 bridgehead atoms. The van der Waals surface area contributed by atoms with Crippen LogP contribution in [0.4, 0.5) is 0 Å². The molecule has 0 aromatic heterocycles. The van der Waals surface area contributed by atoms with Crippen LogP contribution < -0.4 is 20.2 Å². The molecule has 1 atom stereocenters. The molecule has 7 heteroatoms. The lowest BCUT2D eigenvalue weighted by molar-refractivity contribution is -0.123. The number of carbonyl (C=O) groups excluding carboxylic acids is 2. The van der Waals surface area contributed by atoms with Gasteiger partial charge in [-0.05, 0) is 36.6 Å². The first-order valence-electron chi connectivity index (χ1n) is 9.96. The fraction of sp³-hybridized carbons (Fsp3) is 0.348. The molecule has 2 aromatic carbocycles. The summed E-state index contributed by atoms with van der Waals surface area (Å²) in [6.45, 7) is 6.27. The third-order valence-corrected chi connectivity index (χ3v) is 4.33. The number of nitrogens with one attached hydrogen (secondary N) is 2. The van der Waals surface area contributed by atoms with Crippen molar-refractivity contribution in [2.45, 2.75) is 33.2 Å². The van der Waals surface area contributed by atoms with E-state index in [1.165, 1.54) is 6.21 Å². The molecule has 7 nitrogen and oxygen atoms in total. The number of nitrogens with zero attached hydrogens (tertiary/aromatic N) is 1. The summed E-state index contributed by atoms with van der Waals surface area (Å²) < 4.78 is 11.1. The summed E-state index contributed by atoms with van der Waals surface area (Å²) in [4.78, 5) is 25.0. The molecule has 160 valence electrons. The average molecular weight is 412 g/mol. The first kappa shape index (κ1) is 22.9. The molecule has 2 N–H and O–H groups in total. The minimum atomic E-state index is -0.726. The molecule has 0 heterocycles. The van der Waals surface area contributed by atoms with Gasteiger partial charge in [-0.25, -0.2) is 5.43 Å². The molecule has 0 saturated carbocycles. The maximum absolute atomic E-state index is 12.6. The van der Waals surface area contributed by atoms with Gasteiger partial charge < -0.3 is 14.8 Å². The van der Waals surface area contributed by atoms with Crippen molar-refractivity contribution in [3.8, 4) is 11.5 Å². The Morgan fingerprint density at radius 1 is 1.10 bits per heavy atom. The van der Waals surface area contributed by atoms with E-state index in [0.717, 1.165) is 6.42 Å². The number of methoxy groups -OCH3 is 1. The molecule has 2 rings (SSSR count). The zero-order valence-electron chi connectivity index (χ0n) is 17.8. The number of hydrogen-bond acceptors (Lipinski definition) is 5. The minimum Gasteiger partial charge on any atom is -0.493 e. The molecule has 2 aromatic rings. The largest absolute Gasteiger partial charge is 0.493 e. The maximum atomic E-state index is 12.6. The Morgan fingerprint density at radius 2 is 1.83 bits per heavy atom. The van der Waals surface area contributed by atoms with Crippen molar-refractivity contribution in [3.63, 3.8) is 0 Å². The van der Waals surface area contributed by atoms with Crippen LogP contribution in [0, 0.1) is 5.92 Å². The number of rotatable bonds is 10. The lowest BCUT2D eigenvalue weighted by atomic mass is 10.0. The normalized spacial score (nSPS) is 11.9. The van der Waals surface area contributed by atoms with Crippen LogP contribution in [-0.4, -0.2) is 37.8 Å². The first-order chi connectivity index (χ1) is 14.5. The predicted octanol–water partition coefficient (Wildman–Crippen LogP) is 3.39. The zero-order valence-corrected chi connectivity index (χ0v) is 17.8. The van der Waals surface area contributed by atoms with Crippen molar-refractivity contribution >= 4 is 18.0 Å². The molecular formula is C23H29N3O4. The SMILES string of the molecule is CCCOc1c(C=NNC(=O)C(NC(=O)c2ccccc2)C(C)C)cccc1OC. The van der Waals surface area contributed by atoms with Gasteiger partial charge in [-0.1, -0.05) is 45.0 Å². The van der Waals surface area contributed by atoms with Gasteiger partial charge in [0.05, 0.1) is 19.9 Å². The van der Waals surface area contributed by atoms with Gasteiger partial charge in [-0.15, -0.1) is 0 Å². The fourth-order valence-electron chi connectivity index (χ4n) is 2.74. The van der Waals surface area contributed by atoms with E-state index in [1.54, 1.807) is 37.4 Å². The summed E-state index contributed by atoms with van der Waals surface area (Å²) in [5.74, 6) is 0.334. The van der Waals surface area contributed by atoms with E-state index >= 15 is 0 Å². The van der Waals surface area contributed by atoms with Gasteiger partial charge in [0.1, 0.15) is 6.04 Å². The van der Waals surface area contributed by atoms with Crippen LogP contribution in [0.25, 0.3) is 0 Å². The average Bonchev–Trinajstić information content (AvgIpc) is 2.76. The Morgan fingerprint density at radius 3 is 2.47 bits per heavy atom. The number of hydrogen-bond donors (Lipinski definition) is 2. The van der Waals surface area contributed by atoms with Crippen molar-refractivity contribution in [1.82, 2.24) is 10.7 Å². The van der Waals surface area contributed by atoms with Gasteiger partial charge in [-0.2, -0.15) is 5.10 Å². The first-order valence-corrected chi connectivity index (χ1v) is 9.96. The predicted molar refractivity (Wildman–Crippen MR) is 117 cm³/mol. The number of amides is 2. The number of benzene rings is 2. The Bertz CT molecular complexity index is 866. The minimum absolute atomic E-state index is 0.117. The summed E-state index contributed by atoms with van der Waals surface area (Å²) in [6.07, 6.45) is 2.35. The van der Waals surface area contributed by atoms with Crippen LogP contribution >= 0.6 is 0 Å². The van der Waals surface area contributed by atoms with Crippen molar-refractivity contribution in [2.75, 3.05) is 13.7 Å². The number of carbonyl (C=O) groups is 2. The number of para-hydroxylation sites is 1. The molecule has 0 fully saturated rings. The zero-order chi connectivity index (χ0) is 21.9. The highest BCUT2D eigenvalue weighted by Crippen LogP contribution is 2.30. The second-order valence-corrected chi connectivity index (χ2v) is 7.02. The molecule has 0 saturated heterocycles. The van der Waals surface area contributed by atoms with Gasteiger partial charge in [0, 0.05) is 11.1 Å². The molecule has 0 aliphatic rings. The highest BCUT2D eigenvalue weighted by molar-refractivity contribution is 5.97. The lowest BCUT2D eigenvalue weighted by Gasteiger charge is -2.20. The van der Waals surface area contributed by atoms with Crippen molar-refractivity contribution < 1.29 is 19.1 Å². The second kappa shape index (κ2) is 11.6. The highest BCUT2D eigenvalue weighted by atomic mass is 16.5. The van der Waals surface area contributed by atoms with Crippen LogP contribution in [0.2, 0.25) is 0 Å². The quantitative estimate of drug-likeness (QED) is 0.463. The second-order valence-electron chi connectivity index (χ2n) is 7.02. The summed E-state index contributed by atoms with van der Waals surface area (Å²) in [6, 6.07) is 13.5. The van der Waals surface area contributed by atoms with Gasteiger partial charge in [0.25, 0.3) is 11.8 Å². The van der Waals surface area contributed by atoms with Crippen molar-refractivity contribution in [2.24, 2.45) is 11.0 Å². The highest BCUT2D eigenvalue weighted by Gasteiger charge is 2.24. The molecule has 30 heavy (non-hydrogen) atoms. The Balaban J connectivity index is 2.08. The Hall–Kier alpha value is -3.35. The van der Waals surface area contributed by atoms with E-state index in [4.69, 9.17) is 9.47 Å². The van der Waals surface area contributed by atoms with Crippen LogP contribution in [0.15, 0.2) is 53.6 Å². The van der Waals surface area contributed by atoms with Gasteiger partial charge in [-0.3, -0.25) is 9.59 Å². The van der Waals surface area contributed by atoms with E-state index in [0.29, 0.717) is 29.2 Å². The number of hydrazone groups is 1. The fourth-order valence-corrected chi connectivity index (χ4v) is 2.74. The molecular weight excluding hydrogens is 382 g/mol. The van der Waals surface area contributed by atoms with Crippen molar-refractivity contribution in [3.05, 3.63) is 59.7 Å². The Labute approximate surface area is 177 Å². The maximum Gasteiger partial charge on any atom is 0.262 e. The van der Waals surface area contributed by atoms with Crippen LogP contribution in [0.5, 0.6) is 11.5 Å². The van der Waals surface area contributed by atoms with E-state index in [9.17, 15) is 9.59 Å².